The van der Waals surface area contributed by atoms with Gasteiger partial charge in [-0.2, -0.15) is 0 Å². The molecule has 2 aromatic heterocycles. The normalized spacial score (nSPS) is 21.3. The first kappa shape index (κ1) is 13.9. The highest BCUT2D eigenvalue weighted by Crippen LogP contribution is 2.37. The molecule has 1 saturated carbocycles. The smallest absolute Gasteiger partial charge is 0.356 e. The van der Waals surface area contributed by atoms with Gasteiger partial charge in [-0.05, 0) is 30.4 Å². The van der Waals surface area contributed by atoms with E-state index in [1.807, 2.05) is 18.2 Å². The Bertz CT molecular complexity index is 675. The molecule has 1 unspecified atom stereocenters. The van der Waals surface area contributed by atoms with Gasteiger partial charge in [-0.25, -0.2) is 9.78 Å². The first-order valence-corrected chi connectivity index (χ1v) is 7.46. The van der Waals surface area contributed by atoms with Gasteiger partial charge in [-0.1, -0.05) is 32.8 Å². The zero-order valence-electron chi connectivity index (χ0n) is 12.5. The van der Waals surface area contributed by atoms with Gasteiger partial charge in [0.1, 0.15) is 5.65 Å². The Balaban J connectivity index is 2.00. The van der Waals surface area contributed by atoms with E-state index in [9.17, 15) is 9.90 Å². The lowest BCUT2D eigenvalue weighted by Crippen LogP contribution is -2.39. The van der Waals surface area contributed by atoms with E-state index in [1.165, 1.54) is 12.8 Å². The number of fused-ring (bicyclic) bond motifs is 1. The van der Waals surface area contributed by atoms with Crippen LogP contribution in [-0.2, 0) is 0 Å². The van der Waals surface area contributed by atoms with E-state index in [-0.39, 0.29) is 17.2 Å². The number of aromatic carboxylic acids is 1. The summed E-state index contributed by atoms with van der Waals surface area (Å²) in [6.45, 7) is 4.47. The standard InChI is InChI=1S/C16H21N3O2/c1-16(2)9-5-3-7-11(16)17-14-13(15(20)21)19-10-6-4-8-12(19)18-14/h4,6,8,10-11,17H,3,5,7,9H2,1-2H3,(H,20,21). The zero-order valence-corrected chi connectivity index (χ0v) is 12.5. The molecule has 1 atom stereocenters. The Morgan fingerprint density at radius 3 is 2.95 bits per heavy atom. The second kappa shape index (κ2) is 5.06. The summed E-state index contributed by atoms with van der Waals surface area (Å²) in [5.41, 5.74) is 1.03. The molecular formula is C16H21N3O2. The lowest BCUT2D eigenvalue weighted by atomic mass is 9.73. The molecule has 1 fully saturated rings. The van der Waals surface area contributed by atoms with Crippen LogP contribution in [0.4, 0.5) is 5.82 Å². The maximum atomic E-state index is 11.6. The minimum absolute atomic E-state index is 0.157. The predicted octanol–water partition coefficient (Wildman–Crippen LogP) is 3.41. The van der Waals surface area contributed by atoms with Gasteiger partial charge < -0.3 is 10.4 Å². The van der Waals surface area contributed by atoms with Crippen LogP contribution < -0.4 is 5.32 Å². The maximum absolute atomic E-state index is 11.6. The Hall–Kier alpha value is -2.04. The molecule has 0 amide bonds. The van der Waals surface area contributed by atoms with Gasteiger partial charge >= 0.3 is 5.97 Å². The monoisotopic (exact) mass is 287 g/mol. The summed E-state index contributed by atoms with van der Waals surface area (Å²) < 4.78 is 1.63. The number of pyridine rings is 1. The lowest BCUT2D eigenvalue weighted by Gasteiger charge is -2.39. The number of carbonyl (C=O) groups is 1. The third-order valence-corrected chi connectivity index (χ3v) is 4.55. The third-order valence-electron chi connectivity index (χ3n) is 4.55. The summed E-state index contributed by atoms with van der Waals surface area (Å²) in [5, 5.41) is 12.9. The molecule has 5 nitrogen and oxygen atoms in total. The van der Waals surface area contributed by atoms with Crippen molar-refractivity contribution >= 4 is 17.4 Å². The van der Waals surface area contributed by atoms with Gasteiger partial charge in [-0.15, -0.1) is 0 Å². The van der Waals surface area contributed by atoms with Crippen molar-refractivity contribution in [1.82, 2.24) is 9.38 Å². The molecule has 1 aliphatic carbocycles. The van der Waals surface area contributed by atoms with Crippen molar-refractivity contribution in [1.29, 1.82) is 0 Å². The Morgan fingerprint density at radius 2 is 2.24 bits per heavy atom. The molecule has 0 bridgehead atoms. The first-order valence-electron chi connectivity index (χ1n) is 7.46. The molecule has 0 aliphatic heterocycles. The molecule has 0 radical (unpaired) electrons. The SMILES string of the molecule is CC1(C)CCCCC1Nc1nc2ccccn2c1C(=O)O. The summed E-state index contributed by atoms with van der Waals surface area (Å²) in [7, 11) is 0. The van der Waals surface area contributed by atoms with Crippen molar-refractivity contribution in [2.24, 2.45) is 5.41 Å². The summed E-state index contributed by atoms with van der Waals surface area (Å²) in [6.07, 6.45) is 6.36. The Morgan fingerprint density at radius 1 is 1.43 bits per heavy atom. The molecule has 0 aromatic carbocycles. The minimum atomic E-state index is -0.954. The number of aromatic nitrogens is 2. The van der Waals surface area contributed by atoms with Gasteiger partial charge in [0, 0.05) is 12.2 Å². The van der Waals surface area contributed by atoms with Crippen LogP contribution in [-0.4, -0.2) is 26.5 Å². The van der Waals surface area contributed by atoms with E-state index in [0.29, 0.717) is 11.5 Å². The van der Waals surface area contributed by atoms with Crippen LogP contribution in [0.15, 0.2) is 24.4 Å². The van der Waals surface area contributed by atoms with Gasteiger partial charge in [0.2, 0.25) is 0 Å². The van der Waals surface area contributed by atoms with Crippen LogP contribution in [0.1, 0.15) is 50.0 Å². The highest BCUT2D eigenvalue weighted by atomic mass is 16.4. The van der Waals surface area contributed by atoms with Gasteiger partial charge in [0.25, 0.3) is 0 Å². The molecular weight excluding hydrogens is 266 g/mol. The fourth-order valence-corrected chi connectivity index (χ4v) is 3.23. The molecule has 0 spiro atoms. The first-order chi connectivity index (χ1) is 9.99. The fraction of sp³-hybridized carbons (Fsp3) is 0.500. The summed E-state index contributed by atoms with van der Waals surface area (Å²) in [4.78, 5) is 16.1. The van der Waals surface area contributed by atoms with Crippen LogP contribution >= 0.6 is 0 Å². The minimum Gasteiger partial charge on any atom is -0.476 e. The number of nitrogens with zero attached hydrogens (tertiary/aromatic N) is 2. The third kappa shape index (κ3) is 2.48. The molecule has 2 aromatic rings. The Kier molecular flexibility index (Phi) is 3.35. The molecule has 21 heavy (non-hydrogen) atoms. The highest BCUT2D eigenvalue weighted by molar-refractivity contribution is 5.93. The van der Waals surface area contributed by atoms with Crippen molar-refractivity contribution in [2.75, 3.05) is 5.32 Å². The van der Waals surface area contributed by atoms with Crippen LogP contribution in [0.25, 0.3) is 5.65 Å². The van der Waals surface area contributed by atoms with E-state index in [4.69, 9.17) is 0 Å². The molecule has 3 rings (SSSR count). The molecule has 5 heteroatoms. The molecule has 2 N–H and O–H groups in total. The van der Waals surface area contributed by atoms with E-state index >= 15 is 0 Å². The van der Waals surface area contributed by atoms with Crippen molar-refractivity contribution in [2.45, 2.75) is 45.6 Å². The van der Waals surface area contributed by atoms with Gasteiger partial charge in [0.05, 0.1) is 0 Å². The number of carboxylic acids is 1. The molecule has 2 heterocycles. The van der Waals surface area contributed by atoms with Crippen molar-refractivity contribution in [3.05, 3.63) is 30.1 Å². The van der Waals surface area contributed by atoms with Gasteiger partial charge in [-0.3, -0.25) is 4.40 Å². The number of imidazole rings is 1. The number of hydrogen-bond acceptors (Lipinski definition) is 3. The molecule has 0 saturated heterocycles. The van der Waals surface area contributed by atoms with E-state index in [1.54, 1.807) is 10.6 Å². The van der Waals surface area contributed by atoms with Crippen LogP contribution in [0.5, 0.6) is 0 Å². The average Bonchev–Trinajstić information content (AvgIpc) is 2.79. The van der Waals surface area contributed by atoms with Crippen LogP contribution in [0.3, 0.4) is 0 Å². The average molecular weight is 287 g/mol. The topological polar surface area (TPSA) is 66.6 Å². The fourth-order valence-electron chi connectivity index (χ4n) is 3.23. The summed E-state index contributed by atoms with van der Waals surface area (Å²) in [5.74, 6) is -0.474. The lowest BCUT2D eigenvalue weighted by molar-refractivity contribution is 0.0690. The summed E-state index contributed by atoms with van der Waals surface area (Å²) >= 11 is 0. The largest absolute Gasteiger partial charge is 0.476 e. The van der Waals surface area contributed by atoms with E-state index in [2.05, 4.69) is 24.1 Å². The number of nitrogens with one attached hydrogen (secondary N) is 1. The quantitative estimate of drug-likeness (QED) is 0.907. The van der Waals surface area contributed by atoms with Gasteiger partial charge in [0.15, 0.2) is 11.5 Å². The molecule has 1 aliphatic rings. The van der Waals surface area contributed by atoms with Crippen LogP contribution in [0.2, 0.25) is 0 Å². The predicted molar refractivity (Wildman–Crippen MR) is 81.8 cm³/mol. The van der Waals surface area contributed by atoms with Crippen molar-refractivity contribution in [3.8, 4) is 0 Å². The van der Waals surface area contributed by atoms with E-state index < -0.39 is 5.97 Å². The van der Waals surface area contributed by atoms with E-state index in [0.717, 1.165) is 12.8 Å². The maximum Gasteiger partial charge on any atom is 0.356 e. The number of hydrogen-bond donors (Lipinski definition) is 2. The van der Waals surface area contributed by atoms with Crippen molar-refractivity contribution < 1.29 is 9.90 Å². The Labute approximate surface area is 124 Å². The highest BCUT2D eigenvalue weighted by Gasteiger charge is 2.33. The van der Waals surface area contributed by atoms with Crippen molar-refractivity contribution in [3.63, 3.8) is 0 Å². The molecule has 112 valence electrons. The number of anilines is 1. The number of rotatable bonds is 3. The second-order valence-corrected chi connectivity index (χ2v) is 6.47. The summed E-state index contributed by atoms with van der Waals surface area (Å²) in [6, 6.07) is 5.76. The van der Waals surface area contributed by atoms with Crippen LogP contribution in [0, 0.1) is 5.41 Å². The second-order valence-electron chi connectivity index (χ2n) is 6.47. The number of carboxylic acid groups (broad SMARTS) is 1. The zero-order chi connectivity index (χ0) is 15.0.